The van der Waals surface area contributed by atoms with Gasteiger partial charge in [0.05, 0.1) is 11.9 Å². The van der Waals surface area contributed by atoms with E-state index in [-0.39, 0.29) is 30.7 Å². The molecule has 0 bridgehead atoms. The normalized spacial score (nSPS) is 13.7. The molecule has 3 rings (SSSR count). The van der Waals surface area contributed by atoms with Crippen molar-refractivity contribution in [2.45, 2.75) is 19.4 Å². The van der Waals surface area contributed by atoms with Crippen LogP contribution in [0.4, 0.5) is 11.5 Å². The number of pyridine rings is 1. The smallest absolute Gasteiger partial charge is 0.255 e. The molecule has 0 atom stereocenters. The van der Waals surface area contributed by atoms with Gasteiger partial charge in [0.15, 0.2) is 0 Å². The fraction of sp³-hybridized carbons (Fsp3) is 0.294. The molecule has 1 aromatic heterocycles. The zero-order chi connectivity index (χ0) is 15.4. The minimum atomic E-state index is -0.130. The highest BCUT2D eigenvalue weighted by molar-refractivity contribution is 6.04. The van der Waals surface area contributed by atoms with Crippen molar-refractivity contribution in [3.05, 3.63) is 53.7 Å². The van der Waals surface area contributed by atoms with Crippen LogP contribution in [0, 0.1) is 0 Å². The summed E-state index contributed by atoms with van der Waals surface area (Å²) in [5, 5.41) is 2.84. The second kappa shape index (κ2) is 9.47. The lowest BCUT2D eigenvalue weighted by atomic mass is 10.1. The molecule has 2 heterocycles. The predicted octanol–water partition coefficient (Wildman–Crippen LogP) is 3.36. The minimum absolute atomic E-state index is 0. The number of nitrogens with one attached hydrogen (secondary N) is 1. The molecule has 1 aliphatic rings. The number of halogens is 2. The number of aromatic nitrogens is 1. The van der Waals surface area contributed by atoms with Crippen LogP contribution in [0.5, 0.6) is 0 Å². The summed E-state index contributed by atoms with van der Waals surface area (Å²) in [6.07, 6.45) is 4.09. The van der Waals surface area contributed by atoms with Gasteiger partial charge in [0, 0.05) is 12.1 Å². The number of nitrogens with zero attached hydrogens (tertiary/aromatic N) is 2. The Hall–Kier alpha value is -1.82. The lowest BCUT2D eigenvalue weighted by Gasteiger charge is -2.15. The molecule has 1 amide bonds. The summed E-state index contributed by atoms with van der Waals surface area (Å²) in [6, 6.07) is 11.2. The Balaban J connectivity index is 0.00000144. The van der Waals surface area contributed by atoms with Gasteiger partial charge in [-0.25, -0.2) is 4.98 Å². The Morgan fingerprint density at radius 1 is 1.17 bits per heavy atom. The fourth-order valence-corrected chi connectivity index (χ4v) is 2.69. The third kappa shape index (κ3) is 5.37. The van der Waals surface area contributed by atoms with Gasteiger partial charge in [0.25, 0.3) is 5.91 Å². The van der Waals surface area contributed by atoms with Crippen LogP contribution in [0.1, 0.15) is 28.8 Å². The van der Waals surface area contributed by atoms with Crippen LogP contribution in [0.15, 0.2) is 42.6 Å². The zero-order valence-electron chi connectivity index (χ0n) is 13.3. The van der Waals surface area contributed by atoms with Gasteiger partial charge in [-0.15, -0.1) is 24.8 Å². The van der Waals surface area contributed by atoms with E-state index in [2.05, 4.69) is 21.3 Å². The fourth-order valence-electron chi connectivity index (χ4n) is 2.69. The van der Waals surface area contributed by atoms with Crippen LogP contribution in [-0.2, 0) is 6.54 Å². The van der Waals surface area contributed by atoms with Gasteiger partial charge in [-0.2, -0.15) is 0 Å². The number of likely N-dealkylation sites (tertiary alicyclic amines) is 1. The molecule has 5 nitrogen and oxygen atoms in total. The Morgan fingerprint density at radius 3 is 2.58 bits per heavy atom. The molecule has 0 spiro atoms. The van der Waals surface area contributed by atoms with E-state index in [1.165, 1.54) is 18.4 Å². The molecule has 2 aromatic rings. The monoisotopic (exact) mass is 368 g/mol. The molecule has 0 unspecified atom stereocenters. The molecule has 1 aliphatic heterocycles. The first-order chi connectivity index (χ1) is 10.7. The number of nitrogen functional groups attached to an aromatic ring is 1. The molecule has 1 fully saturated rings. The number of anilines is 2. The predicted molar refractivity (Wildman–Crippen MR) is 102 cm³/mol. The number of hydrogen-bond donors (Lipinski definition) is 2. The Labute approximate surface area is 154 Å². The number of hydrogen-bond acceptors (Lipinski definition) is 4. The van der Waals surface area contributed by atoms with E-state index < -0.39 is 0 Å². The standard InChI is InChI=1S/C17H20N4O.2ClH/c18-16-7-6-15(11-19-16)20-17(22)14-5-3-4-13(10-14)12-21-8-1-2-9-21;;/h3-7,10-11H,1-2,8-9,12H2,(H2,18,19)(H,20,22);2*1H. The van der Waals surface area contributed by atoms with Gasteiger partial charge in [-0.05, 0) is 55.8 Å². The third-order valence-corrected chi connectivity index (χ3v) is 3.84. The SMILES string of the molecule is Cl.Cl.Nc1ccc(NC(=O)c2cccc(CN3CCCC3)c2)cn1. The summed E-state index contributed by atoms with van der Waals surface area (Å²) in [6.45, 7) is 3.20. The topological polar surface area (TPSA) is 71.2 Å². The largest absolute Gasteiger partial charge is 0.384 e. The molecular weight excluding hydrogens is 347 g/mol. The van der Waals surface area contributed by atoms with E-state index in [0.717, 1.165) is 19.6 Å². The van der Waals surface area contributed by atoms with Crippen molar-refractivity contribution in [3.63, 3.8) is 0 Å². The van der Waals surface area contributed by atoms with Crippen molar-refractivity contribution in [3.8, 4) is 0 Å². The van der Waals surface area contributed by atoms with Crippen LogP contribution in [0.2, 0.25) is 0 Å². The molecule has 7 heteroatoms. The first-order valence-corrected chi connectivity index (χ1v) is 7.55. The lowest BCUT2D eigenvalue weighted by Crippen LogP contribution is -2.19. The lowest BCUT2D eigenvalue weighted by molar-refractivity contribution is 0.102. The van der Waals surface area contributed by atoms with E-state index in [4.69, 9.17) is 5.73 Å². The van der Waals surface area contributed by atoms with Crippen molar-refractivity contribution in [2.24, 2.45) is 0 Å². The minimum Gasteiger partial charge on any atom is -0.384 e. The molecule has 1 saturated heterocycles. The van der Waals surface area contributed by atoms with Gasteiger partial charge in [-0.1, -0.05) is 12.1 Å². The summed E-state index contributed by atoms with van der Waals surface area (Å²) in [7, 11) is 0. The van der Waals surface area contributed by atoms with Gasteiger partial charge in [0.2, 0.25) is 0 Å². The highest BCUT2D eigenvalue weighted by atomic mass is 35.5. The third-order valence-electron chi connectivity index (χ3n) is 3.84. The van der Waals surface area contributed by atoms with Crippen LogP contribution in [0.25, 0.3) is 0 Å². The van der Waals surface area contributed by atoms with Crippen LogP contribution in [-0.4, -0.2) is 28.9 Å². The molecule has 0 saturated carbocycles. The van der Waals surface area contributed by atoms with Crippen LogP contribution < -0.4 is 11.1 Å². The van der Waals surface area contributed by atoms with Crippen molar-refractivity contribution >= 4 is 42.2 Å². The molecular formula is C17H22Cl2N4O. The quantitative estimate of drug-likeness (QED) is 0.867. The first-order valence-electron chi connectivity index (χ1n) is 7.55. The van der Waals surface area contributed by atoms with Gasteiger partial charge in [0.1, 0.15) is 5.82 Å². The molecule has 0 radical (unpaired) electrons. The number of carbonyl (C=O) groups is 1. The average molecular weight is 369 g/mol. The summed E-state index contributed by atoms with van der Waals surface area (Å²) >= 11 is 0. The van der Waals surface area contributed by atoms with Gasteiger partial charge < -0.3 is 11.1 Å². The highest BCUT2D eigenvalue weighted by Crippen LogP contribution is 2.15. The maximum absolute atomic E-state index is 12.3. The first kappa shape index (κ1) is 20.2. The Morgan fingerprint density at radius 2 is 1.92 bits per heavy atom. The zero-order valence-corrected chi connectivity index (χ0v) is 14.9. The number of amides is 1. The van der Waals surface area contributed by atoms with Crippen molar-refractivity contribution in [1.29, 1.82) is 0 Å². The van der Waals surface area contributed by atoms with Crippen LogP contribution >= 0.6 is 24.8 Å². The number of nitrogens with two attached hydrogens (primary N) is 1. The molecule has 0 aliphatic carbocycles. The number of carbonyl (C=O) groups excluding carboxylic acids is 1. The second-order valence-corrected chi connectivity index (χ2v) is 5.61. The van der Waals surface area contributed by atoms with Crippen molar-refractivity contribution < 1.29 is 4.79 Å². The summed E-state index contributed by atoms with van der Waals surface area (Å²) in [5.74, 6) is 0.306. The molecule has 130 valence electrons. The molecule has 24 heavy (non-hydrogen) atoms. The number of benzene rings is 1. The second-order valence-electron chi connectivity index (χ2n) is 5.61. The Kier molecular flexibility index (Phi) is 7.98. The summed E-state index contributed by atoms with van der Waals surface area (Å²) in [4.78, 5) is 18.7. The van der Waals surface area contributed by atoms with Crippen molar-refractivity contribution in [1.82, 2.24) is 9.88 Å². The van der Waals surface area contributed by atoms with E-state index in [1.807, 2.05) is 18.2 Å². The van der Waals surface area contributed by atoms with Gasteiger partial charge >= 0.3 is 0 Å². The Bertz CT molecular complexity index is 658. The molecule has 1 aromatic carbocycles. The number of rotatable bonds is 4. The van der Waals surface area contributed by atoms with E-state index in [0.29, 0.717) is 17.1 Å². The van der Waals surface area contributed by atoms with Gasteiger partial charge in [-0.3, -0.25) is 9.69 Å². The summed E-state index contributed by atoms with van der Waals surface area (Å²) < 4.78 is 0. The maximum Gasteiger partial charge on any atom is 0.255 e. The van der Waals surface area contributed by atoms with Crippen molar-refractivity contribution in [2.75, 3.05) is 24.1 Å². The summed E-state index contributed by atoms with van der Waals surface area (Å²) in [5.41, 5.74) is 8.01. The van der Waals surface area contributed by atoms with E-state index in [1.54, 1.807) is 18.3 Å². The average Bonchev–Trinajstić information content (AvgIpc) is 3.03. The van der Waals surface area contributed by atoms with E-state index in [9.17, 15) is 4.79 Å². The molecule has 3 N–H and O–H groups in total. The highest BCUT2D eigenvalue weighted by Gasteiger charge is 2.13. The van der Waals surface area contributed by atoms with Crippen LogP contribution in [0.3, 0.4) is 0 Å². The maximum atomic E-state index is 12.3. The van der Waals surface area contributed by atoms with E-state index >= 15 is 0 Å².